The van der Waals surface area contributed by atoms with Crippen molar-refractivity contribution < 1.29 is 4.74 Å². The predicted molar refractivity (Wildman–Crippen MR) is 97.2 cm³/mol. The van der Waals surface area contributed by atoms with Gasteiger partial charge in [-0.1, -0.05) is 12.1 Å². The van der Waals surface area contributed by atoms with Crippen LogP contribution in [-0.2, 0) is 11.2 Å². The van der Waals surface area contributed by atoms with Crippen molar-refractivity contribution in [1.82, 2.24) is 15.6 Å². The van der Waals surface area contributed by atoms with E-state index < -0.39 is 0 Å². The van der Waals surface area contributed by atoms with Crippen molar-refractivity contribution in [2.24, 2.45) is 4.99 Å². The molecule has 126 valence electrons. The summed E-state index contributed by atoms with van der Waals surface area (Å²) >= 11 is 0. The first-order valence-corrected chi connectivity index (χ1v) is 8.25. The molecule has 0 amide bonds. The lowest BCUT2D eigenvalue weighted by molar-refractivity contribution is 0.179. The fraction of sp³-hybridized carbons (Fsp3) is 0.500. The number of benzene rings is 1. The Labute approximate surface area is 138 Å². The summed E-state index contributed by atoms with van der Waals surface area (Å²) in [6.45, 7) is 8.56. The summed E-state index contributed by atoms with van der Waals surface area (Å²) in [6.07, 6.45) is 3.02. The predicted octanol–water partition coefficient (Wildman–Crippen LogP) is 2.61. The molecule has 1 atom stereocenters. The zero-order chi connectivity index (χ0) is 16.7. The van der Waals surface area contributed by atoms with E-state index in [1.807, 2.05) is 0 Å². The molecule has 2 rings (SSSR count). The van der Waals surface area contributed by atoms with Crippen molar-refractivity contribution in [2.45, 2.75) is 33.2 Å². The van der Waals surface area contributed by atoms with Gasteiger partial charge in [-0.15, -0.1) is 0 Å². The number of nitrogens with zero attached hydrogens (tertiary/aromatic N) is 1. The third kappa shape index (κ3) is 4.73. The minimum absolute atomic E-state index is 0.230. The molecule has 0 aliphatic rings. The Morgan fingerprint density at radius 2 is 2.22 bits per heavy atom. The van der Waals surface area contributed by atoms with Crippen LogP contribution in [0.3, 0.4) is 0 Å². The number of methoxy groups -OCH3 is 1. The number of nitrogens with one attached hydrogen (secondary N) is 3. The summed E-state index contributed by atoms with van der Waals surface area (Å²) in [5, 5.41) is 7.96. The second-order valence-corrected chi connectivity index (χ2v) is 5.82. The van der Waals surface area contributed by atoms with E-state index in [1.165, 1.54) is 22.0 Å². The molecule has 0 saturated carbocycles. The maximum atomic E-state index is 5.16. The molecule has 1 unspecified atom stereocenters. The van der Waals surface area contributed by atoms with Crippen LogP contribution in [0, 0.1) is 6.92 Å². The average molecular weight is 316 g/mol. The second kappa shape index (κ2) is 8.58. The zero-order valence-corrected chi connectivity index (χ0v) is 14.6. The number of aromatic amines is 1. The smallest absolute Gasteiger partial charge is 0.191 e. The Bertz CT molecular complexity index is 648. The number of guanidine groups is 1. The topological polar surface area (TPSA) is 61.4 Å². The van der Waals surface area contributed by atoms with E-state index in [0.29, 0.717) is 6.61 Å². The van der Waals surface area contributed by atoms with Gasteiger partial charge in [-0.05, 0) is 44.4 Å². The fourth-order valence-electron chi connectivity index (χ4n) is 2.78. The summed E-state index contributed by atoms with van der Waals surface area (Å²) in [5.74, 6) is 0.841. The van der Waals surface area contributed by atoms with Crippen LogP contribution < -0.4 is 10.6 Å². The van der Waals surface area contributed by atoms with Gasteiger partial charge in [-0.2, -0.15) is 0 Å². The van der Waals surface area contributed by atoms with Crippen LogP contribution in [0.15, 0.2) is 29.4 Å². The van der Waals surface area contributed by atoms with Crippen molar-refractivity contribution in [3.63, 3.8) is 0 Å². The monoisotopic (exact) mass is 316 g/mol. The Kier molecular flexibility index (Phi) is 6.47. The van der Waals surface area contributed by atoms with Crippen LogP contribution in [0.4, 0.5) is 0 Å². The standard InChI is InChI=1S/C18H28N4O/c1-5-19-18(22-14(3)12-23-4)20-10-9-15-11-21-16-8-6-7-13(2)17(15)16/h6-8,11,14,21H,5,9-10,12H2,1-4H3,(H2,19,20,22). The normalized spacial score (nSPS) is 13.3. The number of rotatable bonds is 7. The van der Waals surface area contributed by atoms with Crippen molar-refractivity contribution in [3.8, 4) is 0 Å². The molecule has 1 aromatic heterocycles. The van der Waals surface area contributed by atoms with E-state index in [4.69, 9.17) is 4.74 Å². The second-order valence-electron chi connectivity index (χ2n) is 5.82. The number of ether oxygens (including phenoxy) is 1. The molecular formula is C18H28N4O. The molecule has 1 aromatic carbocycles. The highest BCUT2D eigenvalue weighted by atomic mass is 16.5. The van der Waals surface area contributed by atoms with E-state index in [9.17, 15) is 0 Å². The molecule has 1 heterocycles. The van der Waals surface area contributed by atoms with Crippen LogP contribution in [0.25, 0.3) is 10.9 Å². The number of H-pyrrole nitrogens is 1. The van der Waals surface area contributed by atoms with Crippen LogP contribution in [-0.4, -0.2) is 43.8 Å². The Morgan fingerprint density at radius 3 is 2.96 bits per heavy atom. The molecule has 3 N–H and O–H groups in total. The van der Waals surface area contributed by atoms with Crippen molar-refractivity contribution >= 4 is 16.9 Å². The van der Waals surface area contributed by atoms with Gasteiger partial charge in [0.1, 0.15) is 0 Å². The third-order valence-corrected chi connectivity index (χ3v) is 3.79. The first-order valence-electron chi connectivity index (χ1n) is 8.25. The highest BCUT2D eigenvalue weighted by Crippen LogP contribution is 2.22. The fourth-order valence-corrected chi connectivity index (χ4v) is 2.78. The molecule has 23 heavy (non-hydrogen) atoms. The van der Waals surface area contributed by atoms with Gasteiger partial charge >= 0.3 is 0 Å². The highest BCUT2D eigenvalue weighted by Gasteiger charge is 2.07. The van der Waals surface area contributed by atoms with Gasteiger partial charge in [0.2, 0.25) is 0 Å². The molecule has 5 heteroatoms. The molecule has 0 saturated heterocycles. The van der Waals surface area contributed by atoms with Crippen molar-refractivity contribution in [3.05, 3.63) is 35.5 Å². The zero-order valence-electron chi connectivity index (χ0n) is 14.6. The van der Waals surface area contributed by atoms with Crippen LogP contribution >= 0.6 is 0 Å². The number of hydrogen-bond donors (Lipinski definition) is 3. The minimum Gasteiger partial charge on any atom is -0.383 e. The van der Waals surface area contributed by atoms with Crippen LogP contribution in [0.1, 0.15) is 25.0 Å². The maximum absolute atomic E-state index is 5.16. The summed E-state index contributed by atoms with van der Waals surface area (Å²) in [6, 6.07) is 6.59. The molecule has 0 aliphatic carbocycles. The summed E-state index contributed by atoms with van der Waals surface area (Å²) < 4.78 is 5.16. The number of aliphatic imine (C=N–C) groups is 1. The Morgan fingerprint density at radius 1 is 1.39 bits per heavy atom. The van der Waals surface area contributed by atoms with Gasteiger partial charge in [0.05, 0.1) is 6.61 Å². The molecule has 0 spiro atoms. The lowest BCUT2D eigenvalue weighted by atomic mass is 10.1. The minimum atomic E-state index is 0.230. The molecule has 0 radical (unpaired) electrons. The largest absolute Gasteiger partial charge is 0.383 e. The van der Waals surface area contributed by atoms with E-state index in [2.05, 4.69) is 65.8 Å². The third-order valence-electron chi connectivity index (χ3n) is 3.79. The van der Waals surface area contributed by atoms with E-state index in [0.717, 1.165) is 25.5 Å². The highest BCUT2D eigenvalue weighted by molar-refractivity contribution is 5.86. The first kappa shape index (κ1) is 17.3. The Hall–Kier alpha value is -2.01. The molecule has 5 nitrogen and oxygen atoms in total. The van der Waals surface area contributed by atoms with E-state index >= 15 is 0 Å². The SMILES string of the molecule is CCNC(=NCCc1c[nH]c2cccc(C)c12)NC(C)COC. The molecule has 2 aromatic rings. The molecule has 0 bridgehead atoms. The first-order chi connectivity index (χ1) is 11.2. The molecule has 0 aliphatic heterocycles. The van der Waals surface area contributed by atoms with Gasteiger partial charge in [-0.3, -0.25) is 4.99 Å². The quantitative estimate of drug-likeness (QED) is 0.543. The van der Waals surface area contributed by atoms with Gasteiger partial charge in [0.25, 0.3) is 0 Å². The van der Waals surface area contributed by atoms with E-state index in [1.54, 1.807) is 7.11 Å². The van der Waals surface area contributed by atoms with Crippen molar-refractivity contribution in [2.75, 3.05) is 26.8 Å². The number of aryl methyl sites for hydroxylation is 1. The lowest BCUT2D eigenvalue weighted by Crippen LogP contribution is -2.44. The van der Waals surface area contributed by atoms with Crippen LogP contribution in [0.5, 0.6) is 0 Å². The Balaban J connectivity index is 2.02. The van der Waals surface area contributed by atoms with Crippen LogP contribution in [0.2, 0.25) is 0 Å². The lowest BCUT2D eigenvalue weighted by Gasteiger charge is -2.16. The summed E-state index contributed by atoms with van der Waals surface area (Å²) in [7, 11) is 1.71. The molecular weight excluding hydrogens is 288 g/mol. The number of aromatic nitrogens is 1. The summed E-state index contributed by atoms with van der Waals surface area (Å²) in [4.78, 5) is 8.02. The maximum Gasteiger partial charge on any atom is 0.191 e. The van der Waals surface area contributed by atoms with Gasteiger partial charge in [-0.25, -0.2) is 0 Å². The molecule has 0 fully saturated rings. The van der Waals surface area contributed by atoms with Gasteiger partial charge in [0, 0.05) is 43.3 Å². The van der Waals surface area contributed by atoms with Gasteiger partial charge in [0.15, 0.2) is 5.96 Å². The van der Waals surface area contributed by atoms with Gasteiger partial charge < -0.3 is 20.4 Å². The average Bonchev–Trinajstić information content (AvgIpc) is 2.92. The summed E-state index contributed by atoms with van der Waals surface area (Å²) in [5.41, 5.74) is 3.83. The number of hydrogen-bond acceptors (Lipinski definition) is 2. The van der Waals surface area contributed by atoms with E-state index in [-0.39, 0.29) is 6.04 Å². The number of fused-ring (bicyclic) bond motifs is 1. The van der Waals surface area contributed by atoms with Crippen molar-refractivity contribution in [1.29, 1.82) is 0 Å².